The molecule has 1 atom stereocenters. The lowest BCUT2D eigenvalue weighted by molar-refractivity contribution is -0.385. The van der Waals surface area contributed by atoms with Gasteiger partial charge in [-0.15, -0.1) is 0 Å². The Hall–Kier alpha value is -2.20. The van der Waals surface area contributed by atoms with Crippen molar-refractivity contribution in [2.75, 3.05) is 12.8 Å². The van der Waals surface area contributed by atoms with Gasteiger partial charge < -0.3 is 11.1 Å². The second-order valence-electron chi connectivity index (χ2n) is 3.94. The number of nitrogens with two attached hydrogens (primary N) is 1. The highest BCUT2D eigenvalue weighted by atomic mass is 32.2. The summed E-state index contributed by atoms with van der Waals surface area (Å²) in [6.45, 7) is 1.34. The fraction of sp³-hybridized carbons (Fsp3) is 0.300. The molecule has 0 aliphatic carbocycles. The third kappa shape index (κ3) is 3.42. The number of carbonyl (C=O) groups is 1. The summed E-state index contributed by atoms with van der Waals surface area (Å²) in [5, 5.41) is 12.9. The van der Waals surface area contributed by atoms with E-state index in [2.05, 4.69) is 10.0 Å². The van der Waals surface area contributed by atoms with Crippen molar-refractivity contribution in [1.82, 2.24) is 10.0 Å². The van der Waals surface area contributed by atoms with Gasteiger partial charge in [0.2, 0.25) is 15.9 Å². The number of nitro groups is 1. The second-order valence-corrected chi connectivity index (χ2v) is 5.62. The molecule has 0 aliphatic rings. The van der Waals surface area contributed by atoms with Crippen LogP contribution in [0.3, 0.4) is 0 Å². The van der Waals surface area contributed by atoms with Crippen molar-refractivity contribution < 1.29 is 18.1 Å². The molecule has 1 aromatic carbocycles. The molecule has 1 amide bonds. The van der Waals surface area contributed by atoms with Crippen molar-refractivity contribution in [1.29, 1.82) is 0 Å². The average Bonchev–Trinajstić information content (AvgIpc) is 2.37. The standard InChI is InChI=1S/C10H14N4O5S/c1-6(10(15)12-2)13-20(18,19)9-5-7(14(16)17)3-4-8(9)11/h3-6,13H,11H2,1-2H3,(H,12,15). The summed E-state index contributed by atoms with van der Waals surface area (Å²) in [4.78, 5) is 20.8. The number of hydrogen-bond donors (Lipinski definition) is 3. The first-order chi connectivity index (χ1) is 9.19. The van der Waals surface area contributed by atoms with Crippen molar-refractivity contribution in [3.63, 3.8) is 0 Å². The predicted octanol–water partition coefficient (Wildman–Crippen LogP) is -0.410. The van der Waals surface area contributed by atoms with E-state index in [0.29, 0.717) is 0 Å². The maximum Gasteiger partial charge on any atom is 0.270 e. The maximum atomic E-state index is 12.1. The molecule has 9 nitrogen and oxygen atoms in total. The van der Waals surface area contributed by atoms with E-state index in [1.807, 2.05) is 0 Å². The number of nitrogens with zero attached hydrogens (tertiary/aromatic N) is 1. The van der Waals surface area contributed by atoms with Gasteiger partial charge >= 0.3 is 0 Å². The zero-order valence-corrected chi connectivity index (χ0v) is 11.6. The topological polar surface area (TPSA) is 144 Å². The molecule has 0 aromatic heterocycles. The number of nitro benzene ring substituents is 1. The number of hydrogen-bond acceptors (Lipinski definition) is 6. The molecule has 4 N–H and O–H groups in total. The van der Waals surface area contributed by atoms with Crippen molar-refractivity contribution in [3.8, 4) is 0 Å². The fourth-order valence-corrected chi connectivity index (χ4v) is 2.79. The number of carbonyl (C=O) groups excluding carboxylic acids is 1. The first-order valence-corrected chi connectivity index (χ1v) is 6.95. The summed E-state index contributed by atoms with van der Waals surface area (Å²) < 4.78 is 26.2. The van der Waals surface area contributed by atoms with E-state index >= 15 is 0 Å². The van der Waals surface area contributed by atoms with E-state index in [0.717, 1.165) is 18.2 Å². The molecule has 20 heavy (non-hydrogen) atoms. The molecule has 0 bridgehead atoms. The smallest absolute Gasteiger partial charge is 0.270 e. The quantitative estimate of drug-likeness (QED) is 0.383. The molecule has 1 rings (SSSR count). The van der Waals surface area contributed by atoms with Crippen LogP contribution >= 0.6 is 0 Å². The molecule has 1 aromatic rings. The van der Waals surface area contributed by atoms with Crippen LogP contribution in [0, 0.1) is 10.1 Å². The highest BCUT2D eigenvalue weighted by Crippen LogP contribution is 2.24. The molecule has 0 aliphatic heterocycles. The number of benzene rings is 1. The van der Waals surface area contributed by atoms with E-state index < -0.39 is 37.5 Å². The molecule has 10 heteroatoms. The molecule has 0 heterocycles. The highest BCUT2D eigenvalue weighted by Gasteiger charge is 2.25. The van der Waals surface area contributed by atoms with Gasteiger partial charge in [0, 0.05) is 19.2 Å². The number of amides is 1. The lowest BCUT2D eigenvalue weighted by Crippen LogP contribution is -2.43. The predicted molar refractivity (Wildman–Crippen MR) is 71.4 cm³/mol. The van der Waals surface area contributed by atoms with Crippen LogP contribution in [-0.4, -0.2) is 32.3 Å². The molecule has 0 radical (unpaired) electrons. The van der Waals surface area contributed by atoms with Crippen molar-refractivity contribution in [3.05, 3.63) is 28.3 Å². The summed E-state index contributed by atoms with van der Waals surface area (Å²) in [6, 6.07) is 2.02. The van der Waals surface area contributed by atoms with Crippen LogP contribution in [0.5, 0.6) is 0 Å². The van der Waals surface area contributed by atoms with Gasteiger partial charge in [-0.05, 0) is 13.0 Å². The van der Waals surface area contributed by atoms with E-state index in [1.54, 1.807) is 0 Å². The van der Waals surface area contributed by atoms with Crippen LogP contribution in [0.25, 0.3) is 0 Å². The van der Waals surface area contributed by atoms with Gasteiger partial charge in [-0.2, -0.15) is 4.72 Å². The minimum Gasteiger partial charge on any atom is -0.398 e. The van der Waals surface area contributed by atoms with Gasteiger partial charge in [-0.3, -0.25) is 14.9 Å². The lowest BCUT2D eigenvalue weighted by atomic mass is 10.3. The zero-order valence-electron chi connectivity index (χ0n) is 10.8. The third-order valence-electron chi connectivity index (χ3n) is 2.47. The molecule has 110 valence electrons. The minimum atomic E-state index is -4.14. The Balaban J connectivity index is 3.18. The maximum absolute atomic E-state index is 12.1. The summed E-state index contributed by atoms with van der Waals surface area (Å²) in [6.07, 6.45) is 0. The Morgan fingerprint density at radius 3 is 2.55 bits per heavy atom. The Bertz CT molecular complexity index is 643. The van der Waals surface area contributed by atoms with Crippen LogP contribution in [0.4, 0.5) is 11.4 Å². The van der Waals surface area contributed by atoms with Gasteiger partial charge in [0.1, 0.15) is 4.90 Å². The molecule has 0 fully saturated rings. The van der Waals surface area contributed by atoms with Crippen molar-refractivity contribution in [2.45, 2.75) is 17.9 Å². The Kier molecular flexibility index (Phi) is 4.63. The van der Waals surface area contributed by atoms with Gasteiger partial charge in [-0.1, -0.05) is 0 Å². The Morgan fingerprint density at radius 1 is 1.45 bits per heavy atom. The van der Waals surface area contributed by atoms with Crippen LogP contribution < -0.4 is 15.8 Å². The number of anilines is 1. The first-order valence-electron chi connectivity index (χ1n) is 5.47. The SMILES string of the molecule is CNC(=O)C(C)NS(=O)(=O)c1cc([N+](=O)[O-])ccc1N. The second kappa shape index (κ2) is 5.84. The number of rotatable bonds is 5. The first kappa shape index (κ1) is 15.9. The van der Waals surface area contributed by atoms with E-state index in [-0.39, 0.29) is 5.69 Å². The van der Waals surface area contributed by atoms with Gasteiger partial charge in [0.15, 0.2) is 0 Å². The fourth-order valence-electron chi connectivity index (χ4n) is 1.44. The molecule has 0 saturated carbocycles. The van der Waals surface area contributed by atoms with Gasteiger partial charge in [-0.25, -0.2) is 8.42 Å². The van der Waals surface area contributed by atoms with Crippen molar-refractivity contribution in [2.24, 2.45) is 0 Å². The van der Waals surface area contributed by atoms with Gasteiger partial charge in [0.25, 0.3) is 5.69 Å². The largest absolute Gasteiger partial charge is 0.398 e. The Labute approximate surface area is 115 Å². The highest BCUT2D eigenvalue weighted by molar-refractivity contribution is 7.89. The third-order valence-corrected chi connectivity index (χ3v) is 4.07. The molecule has 0 spiro atoms. The summed E-state index contributed by atoms with van der Waals surface area (Å²) in [5.41, 5.74) is 4.96. The van der Waals surface area contributed by atoms with Crippen LogP contribution in [0.15, 0.2) is 23.1 Å². The summed E-state index contributed by atoms with van der Waals surface area (Å²) in [5.74, 6) is -0.544. The Morgan fingerprint density at radius 2 is 2.05 bits per heavy atom. The van der Waals surface area contributed by atoms with Gasteiger partial charge in [0.05, 0.1) is 16.7 Å². The normalized spacial score (nSPS) is 12.7. The number of nitrogens with one attached hydrogen (secondary N) is 2. The molecule has 0 saturated heterocycles. The zero-order chi connectivity index (χ0) is 15.5. The molecular formula is C10H14N4O5S. The monoisotopic (exact) mass is 302 g/mol. The van der Waals surface area contributed by atoms with Crippen LogP contribution in [0.2, 0.25) is 0 Å². The summed E-state index contributed by atoms with van der Waals surface area (Å²) in [7, 11) is -2.79. The molecule has 1 unspecified atom stereocenters. The summed E-state index contributed by atoms with van der Waals surface area (Å²) >= 11 is 0. The van der Waals surface area contributed by atoms with Crippen molar-refractivity contribution >= 4 is 27.3 Å². The number of non-ortho nitro benzene ring substituents is 1. The van der Waals surface area contributed by atoms with Crippen LogP contribution in [0.1, 0.15) is 6.92 Å². The van der Waals surface area contributed by atoms with E-state index in [1.165, 1.54) is 14.0 Å². The lowest BCUT2D eigenvalue weighted by Gasteiger charge is -2.13. The van der Waals surface area contributed by atoms with Crippen LogP contribution in [-0.2, 0) is 14.8 Å². The number of nitrogen functional groups attached to an aromatic ring is 1. The molecular weight excluding hydrogens is 288 g/mol. The minimum absolute atomic E-state index is 0.146. The van der Waals surface area contributed by atoms with E-state index in [4.69, 9.17) is 5.73 Å². The van der Waals surface area contributed by atoms with E-state index in [9.17, 15) is 23.3 Å². The number of likely N-dealkylation sites (N-methyl/N-ethyl adjacent to an activating group) is 1. The average molecular weight is 302 g/mol. The number of sulfonamides is 1.